The van der Waals surface area contributed by atoms with E-state index in [1.807, 2.05) is 27.7 Å². The maximum Gasteiger partial charge on any atom is 0.417 e. The first kappa shape index (κ1) is 74.9. The number of rotatable bonds is 10. The third-order valence-corrected chi connectivity index (χ3v) is 17.5. The Labute approximate surface area is 528 Å². The predicted molar refractivity (Wildman–Crippen MR) is 330 cm³/mol. The molecule has 22 nitrogen and oxygen atoms in total. The zero-order valence-electron chi connectivity index (χ0n) is 54.6. The minimum atomic E-state index is -4.72. The van der Waals surface area contributed by atoms with Crippen LogP contribution in [0.5, 0.6) is 0 Å². The van der Waals surface area contributed by atoms with Gasteiger partial charge in [0.05, 0.1) is 30.2 Å². The van der Waals surface area contributed by atoms with Gasteiger partial charge in [-0.25, -0.2) is 0 Å². The van der Waals surface area contributed by atoms with E-state index in [-0.39, 0.29) is 81.7 Å². The van der Waals surface area contributed by atoms with Crippen LogP contribution in [0, 0.1) is 23.7 Å². The number of carbonyl (C=O) groups is 11. The smallest absolute Gasteiger partial charge is 0.354 e. The summed E-state index contributed by atoms with van der Waals surface area (Å²) in [5, 5.41) is 10.8. The summed E-state index contributed by atoms with van der Waals surface area (Å²) < 4.78 is 41.0. The number of benzene rings is 1. The van der Waals surface area contributed by atoms with E-state index in [0.717, 1.165) is 58.9 Å². The number of nitrogens with zero attached hydrogens (tertiary/aromatic N) is 7. The molecule has 3 fully saturated rings. The van der Waals surface area contributed by atoms with E-state index in [9.17, 15) is 65.9 Å². The highest BCUT2D eigenvalue weighted by Gasteiger charge is 2.41. The van der Waals surface area contributed by atoms with Crippen molar-refractivity contribution >= 4 is 76.6 Å². The van der Waals surface area contributed by atoms with Crippen LogP contribution in [0.1, 0.15) is 156 Å². The molecule has 2 heterocycles. The number of hydrogen-bond acceptors (Lipinski definition) is 11. The van der Waals surface area contributed by atoms with Gasteiger partial charge in [0.15, 0.2) is 0 Å². The summed E-state index contributed by atoms with van der Waals surface area (Å²) in [6.07, 6.45) is 1.49. The van der Waals surface area contributed by atoms with Crippen molar-refractivity contribution in [2.45, 2.75) is 200 Å². The molecule has 1 saturated carbocycles. The predicted octanol–water partition coefficient (Wildman–Crippen LogP) is 5.02. The first-order chi connectivity index (χ1) is 41.6. The molecule has 0 unspecified atom stereocenters. The van der Waals surface area contributed by atoms with E-state index in [2.05, 4.69) is 21.3 Å². The quantitative estimate of drug-likeness (QED) is 0.242. The first-order valence-electron chi connectivity index (χ1n) is 31.5. The summed E-state index contributed by atoms with van der Waals surface area (Å²) in [6.45, 7) is 11.3. The Balaban J connectivity index is 1.69. The fourth-order valence-electron chi connectivity index (χ4n) is 11.8. The lowest BCUT2D eigenvalue weighted by Crippen LogP contribution is -2.57. The summed E-state index contributed by atoms with van der Waals surface area (Å²) in [7, 11) is 8.59. The van der Waals surface area contributed by atoms with Crippen LogP contribution in [0.3, 0.4) is 0 Å². The standard InChI is InChI=1S/C63H99ClF3N11O11/c1-38(2)30-48-58(85)69-41(7)32-53(81)76(12)49(31-39(3)4)59(86)71-56(40(5)6)62(89)74(10)36-54(82)72(8)37-55(83)77(13)50(34-42-20-15-14-16-21-42)61(88)73(9)35-51(79)70-46(27-25-43-24-26-44(45(64)33-43)63(65,66)67)60(87)78-29-19-22-47(78)57(84)68-28-18-17-23-52(80)75(48)11/h24,26,33,38-42,46-50,56H,14-23,25,27-32,34-37H2,1-13H3,(H,68,84)(H,69,85)(H,70,79)(H,71,86)/t41-,46+,47+,48+,49+,50+,56+/m1/s1. The van der Waals surface area contributed by atoms with Crippen LogP contribution < -0.4 is 21.3 Å². The van der Waals surface area contributed by atoms with Gasteiger partial charge in [0.1, 0.15) is 36.3 Å². The van der Waals surface area contributed by atoms with E-state index >= 15 is 0 Å². The second-order valence-corrected chi connectivity index (χ2v) is 26.4. The van der Waals surface area contributed by atoms with Gasteiger partial charge in [0, 0.05) is 74.3 Å². The van der Waals surface area contributed by atoms with E-state index in [1.165, 1.54) is 68.0 Å². The summed E-state index contributed by atoms with van der Waals surface area (Å²) in [6, 6.07) is -4.01. The van der Waals surface area contributed by atoms with Crippen molar-refractivity contribution in [1.82, 2.24) is 55.6 Å². The van der Waals surface area contributed by atoms with Crippen molar-refractivity contribution in [2.24, 2.45) is 23.7 Å². The van der Waals surface area contributed by atoms with Crippen LogP contribution in [-0.4, -0.2) is 217 Å². The average Bonchev–Trinajstić information content (AvgIpc) is 2.36. The molecule has 4 rings (SSSR count). The van der Waals surface area contributed by atoms with E-state index in [1.54, 1.807) is 20.8 Å². The molecule has 0 aromatic heterocycles. The number of fused-ring (bicyclic) bond motifs is 1. The third-order valence-electron chi connectivity index (χ3n) is 17.2. The van der Waals surface area contributed by atoms with Gasteiger partial charge in [-0.2, -0.15) is 13.2 Å². The molecule has 89 heavy (non-hydrogen) atoms. The van der Waals surface area contributed by atoms with Crippen LogP contribution >= 0.6 is 11.6 Å². The highest BCUT2D eigenvalue weighted by Crippen LogP contribution is 2.35. The highest BCUT2D eigenvalue weighted by atomic mass is 35.5. The van der Waals surface area contributed by atoms with Crippen LogP contribution in [0.2, 0.25) is 5.02 Å². The molecule has 1 aromatic rings. The van der Waals surface area contributed by atoms with Gasteiger partial charge in [-0.15, -0.1) is 0 Å². The minimum absolute atomic E-state index is 0.0158. The van der Waals surface area contributed by atoms with Gasteiger partial charge in [-0.1, -0.05) is 91.3 Å². The number of nitrogens with one attached hydrogen (secondary N) is 4. The number of hydrogen-bond donors (Lipinski definition) is 4. The number of amides is 11. The highest BCUT2D eigenvalue weighted by molar-refractivity contribution is 6.31. The number of likely N-dealkylation sites (N-methyl/N-ethyl adjacent to an activating group) is 6. The average molecular weight is 1280 g/mol. The normalized spacial score (nSPS) is 25.2. The SMILES string of the molecule is CC(C)C[C@H]1C(=O)N[C@H](C)CC(=O)N(C)[C@@H](CC(C)C)C(=O)N[C@@H](C(C)C)C(=O)N(C)CC(=O)N(C)CC(=O)N(C)[C@@H](CC2CCCCC2)C(=O)N(C)CC(=O)N[C@@H](CCc2ccc(C(F)(F)F)c(Cl)c2)C(=O)N2CCC[C@H]2C(=O)NCCCCC(=O)N1C. The molecular weight excluding hydrogens is 1180 g/mol. The van der Waals surface area contributed by atoms with Gasteiger partial charge in [-0.05, 0) is 106 Å². The van der Waals surface area contributed by atoms with Gasteiger partial charge in [-0.3, -0.25) is 52.7 Å². The van der Waals surface area contributed by atoms with Crippen molar-refractivity contribution in [3.8, 4) is 0 Å². The molecule has 7 atom stereocenters. The van der Waals surface area contributed by atoms with Crippen molar-refractivity contribution < 1.29 is 65.9 Å². The van der Waals surface area contributed by atoms with Gasteiger partial charge < -0.3 is 55.6 Å². The molecule has 0 spiro atoms. The van der Waals surface area contributed by atoms with E-state index in [0.29, 0.717) is 31.2 Å². The number of halogens is 4. The molecule has 1 aromatic carbocycles. The lowest BCUT2D eigenvalue weighted by atomic mass is 9.84. The monoisotopic (exact) mass is 1280 g/mol. The van der Waals surface area contributed by atoms with Crippen molar-refractivity contribution in [3.05, 3.63) is 34.3 Å². The Hall–Kier alpha value is -6.53. The Morgan fingerprint density at radius 2 is 1.17 bits per heavy atom. The molecule has 4 N–H and O–H groups in total. The van der Waals surface area contributed by atoms with Crippen molar-refractivity contribution in [3.63, 3.8) is 0 Å². The molecule has 2 aliphatic heterocycles. The minimum Gasteiger partial charge on any atom is -0.354 e. The molecular formula is C63H99ClF3N11O11. The largest absolute Gasteiger partial charge is 0.417 e. The lowest BCUT2D eigenvalue weighted by Gasteiger charge is -2.35. The molecule has 26 heteroatoms. The summed E-state index contributed by atoms with van der Waals surface area (Å²) in [5.41, 5.74) is -0.717. The van der Waals surface area contributed by atoms with E-state index in [4.69, 9.17) is 11.6 Å². The summed E-state index contributed by atoms with van der Waals surface area (Å²) >= 11 is 6.07. The molecule has 0 bridgehead atoms. The molecule has 3 aliphatic rings. The summed E-state index contributed by atoms with van der Waals surface area (Å²) in [5.74, 6) is -6.77. The fourth-order valence-corrected chi connectivity index (χ4v) is 12.1. The molecule has 2 saturated heterocycles. The van der Waals surface area contributed by atoms with Crippen LogP contribution in [0.25, 0.3) is 0 Å². The zero-order chi connectivity index (χ0) is 66.8. The fraction of sp³-hybridized carbons (Fsp3) is 0.730. The van der Waals surface area contributed by atoms with Crippen LogP contribution in [0.15, 0.2) is 18.2 Å². The first-order valence-corrected chi connectivity index (χ1v) is 31.9. The second-order valence-electron chi connectivity index (χ2n) is 26.0. The van der Waals surface area contributed by atoms with Crippen molar-refractivity contribution in [2.75, 3.05) is 75.0 Å². The van der Waals surface area contributed by atoms with Crippen LogP contribution in [-0.2, 0) is 65.3 Å². The van der Waals surface area contributed by atoms with Crippen LogP contribution in [0.4, 0.5) is 13.2 Å². The molecule has 500 valence electrons. The zero-order valence-corrected chi connectivity index (χ0v) is 55.3. The van der Waals surface area contributed by atoms with Crippen molar-refractivity contribution in [1.29, 1.82) is 0 Å². The second kappa shape index (κ2) is 34.6. The molecule has 1 aliphatic carbocycles. The van der Waals surface area contributed by atoms with Gasteiger partial charge in [0.25, 0.3) is 0 Å². The number of carbonyl (C=O) groups excluding carboxylic acids is 11. The molecule has 0 radical (unpaired) electrons. The summed E-state index contributed by atoms with van der Waals surface area (Å²) in [4.78, 5) is 164. The Kier molecular flexibility index (Phi) is 29.1. The van der Waals surface area contributed by atoms with E-state index < -0.39 is 144 Å². The maximum atomic E-state index is 14.6. The van der Waals surface area contributed by atoms with Gasteiger partial charge >= 0.3 is 6.18 Å². The number of alkyl halides is 3. The number of aryl methyl sites for hydroxylation is 1. The topological polar surface area (TPSA) is 259 Å². The Morgan fingerprint density at radius 3 is 1.75 bits per heavy atom. The lowest BCUT2D eigenvalue weighted by molar-refractivity contribution is -0.148. The molecule has 11 amide bonds. The Morgan fingerprint density at radius 1 is 0.596 bits per heavy atom. The maximum absolute atomic E-state index is 14.6. The van der Waals surface area contributed by atoms with Gasteiger partial charge in [0.2, 0.25) is 65.0 Å². The Bertz CT molecular complexity index is 2660. The third kappa shape index (κ3) is 22.4.